The number of nitrogens with one attached hydrogen (secondary N) is 1. The van der Waals surface area contributed by atoms with Crippen LogP contribution >= 0.6 is 0 Å². The quantitative estimate of drug-likeness (QED) is 0.0430. The standard InChI is InChI=1S/C47H56N4O5/c1-50-25-6-2-3-21-47(22-4-5-23-47)24-18-36(52)14-10-32-12-17-43(54)45(29-32)56-27-20-33-11-16-42(53)40(28-33)39-31-44(55)38-19-26-51-41(38)9-7-8-34-30-35(46(48)49)13-15-37(34)39/h11-13,15-19,24,26,28-30,39,46,50,53-55H,2-6,9-10,14,20-23,25,27,31,48-49H2,1H3/p-1/b24-18+,44-38?/t39-/m0/s1. The van der Waals surface area contributed by atoms with Gasteiger partial charge in [0.25, 0.3) is 0 Å². The molecule has 294 valence electrons. The number of nitrogens with two attached hydrogens (primary N) is 2. The molecule has 1 aliphatic heterocycles. The third-order valence-corrected chi connectivity index (χ3v) is 11.4. The Morgan fingerprint density at radius 3 is 2.59 bits per heavy atom. The number of hydrogen-bond acceptors (Lipinski definition) is 9. The molecule has 9 nitrogen and oxygen atoms in total. The van der Waals surface area contributed by atoms with Crippen molar-refractivity contribution in [3.63, 3.8) is 0 Å². The number of unbranched alkanes of at least 4 members (excludes halogenated alkanes) is 2. The van der Waals surface area contributed by atoms with Gasteiger partial charge in [-0.25, -0.2) is 0 Å². The van der Waals surface area contributed by atoms with Crippen LogP contribution in [0.3, 0.4) is 0 Å². The molecule has 0 saturated heterocycles. The van der Waals surface area contributed by atoms with Crippen molar-refractivity contribution >= 4 is 11.5 Å². The second-order valence-electron chi connectivity index (χ2n) is 15.4. The topological polar surface area (TPSA) is 166 Å². The highest BCUT2D eigenvalue weighted by Crippen LogP contribution is 2.44. The molecule has 3 aliphatic rings. The van der Waals surface area contributed by atoms with Crippen molar-refractivity contribution in [2.24, 2.45) is 21.9 Å². The molecule has 1 heterocycles. The van der Waals surface area contributed by atoms with E-state index in [0.717, 1.165) is 42.5 Å². The molecule has 3 aromatic rings. The van der Waals surface area contributed by atoms with E-state index < -0.39 is 12.1 Å². The minimum Gasteiger partial charge on any atom is -0.875 e. The normalized spacial score (nSPS) is 17.4. The molecule has 0 amide bonds. The lowest BCUT2D eigenvalue weighted by Gasteiger charge is -2.27. The third kappa shape index (κ3) is 10.4. The fraction of sp³-hybridized carbons (Fsp3) is 0.404. The summed E-state index contributed by atoms with van der Waals surface area (Å²) in [6.07, 6.45) is 18.0. The number of rotatable bonds is 17. The number of ether oxygens (including phenoxy) is 1. The maximum absolute atomic E-state index is 13.7. The molecule has 9 heteroatoms. The van der Waals surface area contributed by atoms with Crippen LogP contribution < -0.4 is 26.6 Å². The van der Waals surface area contributed by atoms with Gasteiger partial charge in [-0.3, -0.25) is 9.79 Å². The Morgan fingerprint density at radius 1 is 1.02 bits per heavy atom. The predicted octanol–water partition coefficient (Wildman–Crippen LogP) is 6.89. The van der Waals surface area contributed by atoms with E-state index in [4.69, 9.17) is 16.2 Å². The number of aromatic hydroxyl groups is 2. The van der Waals surface area contributed by atoms with Gasteiger partial charge in [-0.1, -0.05) is 73.9 Å². The predicted molar refractivity (Wildman–Crippen MR) is 220 cm³/mol. The monoisotopic (exact) mass is 755 g/mol. The van der Waals surface area contributed by atoms with E-state index in [-0.39, 0.29) is 41.5 Å². The first-order chi connectivity index (χ1) is 27.1. The van der Waals surface area contributed by atoms with Gasteiger partial charge in [-0.05, 0) is 122 Å². The Kier molecular flexibility index (Phi) is 13.8. The number of nitrogens with zero attached hydrogens (tertiary/aromatic N) is 1. The zero-order valence-electron chi connectivity index (χ0n) is 32.5. The highest BCUT2D eigenvalue weighted by atomic mass is 16.5. The Bertz CT molecular complexity index is 2060. The third-order valence-electron chi connectivity index (χ3n) is 11.4. The van der Waals surface area contributed by atoms with E-state index >= 15 is 0 Å². The fourth-order valence-electron chi connectivity index (χ4n) is 8.16. The average molecular weight is 756 g/mol. The first-order valence-corrected chi connectivity index (χ1v) is 20.1. The van der Waals surface area contributed by atoms with E-state index in [0.29, 0.717) is 59.4 Å². The van der Waals surface area contributed by atoms with Gasteiger partial charge in [0, 0.05) is 36.1 Å². The number of aliphatic imine (C=N–C) groups is 1. The van der Waals surface area contributed by atoms with Crippen LogP contribution in [-0.4, -0.2) is 41.9 Å². The summed E-state index contributed by atoms with van der Waals surface area (Å²) in [5.74, 6) is 6.39. The Balaban J connectivity index is 1.11. The first kappa shape index (κ1) is 40.5. The lowest BCUT2D eigenvalue weighted by Crippen LogP contribution is -2.21. The second-order valence-corrected chi connectivity index (χ2v) is 15.4. The Labute approximate surface area is 331 Å². The van der Waals surface area contributed by atoms with E-state index in [9.17, 15) is 20.1 Å². The van der Waals surface area contributed by atoms with Crippen LogP contribution in [0, 0.1) is 17.3 Å². The molecule has 0 aromatic heterocycles. The Morgan fingerprint density at radius 2 is 1.80 bits per heavy atom. The van der Waals surface area contributed by atoms with E-state index in [1.807, 2.05) is 49.5 Å². The number of ketones is 1. The smallest absolute Gasteiger partial charge is 0.161 e. The first-order valence-electron chi connectivity index (χ1n) is 20.1. The Hall–Kier alpha value is -5.14. The fourth-order valence-corrected chi connectivity index (χ4v) is 8.16. The lowest BCUT2D eigenvalue weighted by atomic mass is 9.80. The second kappa shape index (κ2) is 19.1. The molecule has 0 radical (unpaired) electrons. The van der Waals surface area contributed by atoms with Crippen molar-refractivity contribution in [3.05, 3.63) is 124 Å². The van der Waals surface area contributed by atoms with Crippen LogP contribution in [0.1, 0.15) is 116 Å². The molecule has 7 N–H and O–H groups in total. The maximum Gasteiger partial charge on any atom is 0.161 e. The van der Waals surface area contributed by atoms with Crippen LogP contribution in [0.25, 0.3) is 0 Å². The highest BCUT2D eigenvalue weighted by Gasteiger charge is 2.30. The van der Waals surface area contributed by atoms with Gasteiger partial charge in [-0.15, -0.1) is 5.76 Å². The minimum atomic E-state index is -0.690. The van der Waals surface area contributed by atoms with Gasteiger partial charge in [-0.2, -0.15) is 0 Å². The van der Waals surface area contributed by atoms with E-state index in [1.165, 1.54) is 32.1 Å². The number of benzene rings is 3. The van der Waals surface area contributed by atoms with Gasteiger partial charge in [0.1, 0.15) is 5.75 Å². The van der Waals surface area contributed by atoms with Crippen LogP contribution in [0.2, 0.25) is 0 Å². The number of hydrogen-bond donors (Lipinski definition) is 5. The van der Waals surface area contributed by atoms with Crippen LogP contribution in [0.4, 0.5) is 0 Å². The zero-order chi connectivity index (χ0) is 39.5. The number of phenolic OH excluding ortho intramolecular Hbond substituents is 2. The molecule has 0 bridgehead atoms. The molecule has 56 heavy (non-hydrogen) atoms. The molecular formula is C47H55N4O5-. The van der Waals surface area contributed by atoms with Gasteiger partial charge in [0.05, 0.1) is 24.9 Å². The maximum atomic E-state index is 13.7. The van der Waals surface area contributed by atoms with Crippen LogP contribution in [-0.2, 0) is 17.6 Å². The summed E-state index contributed by atoms with van der Waals surface area (Å²) in [4.78, 5) is 17.4. The number of fused-ring (bicyclic) bond motifs is 2. The van der Waals surface area contributed by atoms with Gasteiger partial charge in [0.2, 0.25) is 0 Å². The highest BCUT2D eigenvalue weighted by molar-refractivity contribution is 6.06. The van der Waals surface area contributed by atoms with Gasteiger partial charge >= 0.3 is 0 Å². The molecule has 0 unspecified atom stereocenters. The van der Waals surface area contributed by atoms with E-state index in [1.54, 1.807) is 30.5 Å². The number of carbonyl (C=O) groups excluding carboxylic acids is 1. The summed E-state index contributed by atoms with van der Waals surface area (Å²) in [6, 6.07) is 16.2. The van der Waals surface area contributed by atoms with Gasteiger partial charge < -0.3 is 36.8 Å². The summed E-state index contributed by atoms with van der Waals surface area (Å²) >= 11 is 0. The molecule has 1 fully saturated rings. The number of allylic oxidation sites excluding steroid dienone is 5. The van der Waals surface area contributed by atoms with Crippen molar-refractivity contribution in [1.82, 2.24) is 5.32 Å². The SMILES string of the molecule is CNCCCCCC1(/C=C/C(=O)CCc2ccc(O)c(OCCc3ccc(O)c([C@H]4CC([O-])=C5C=CN=C5CC#Cc5cc(C(N)N)ccc54)c3)c2)CCCC1. The van der Waals surface area contributed by atoms with Crippen LogP contribution in [0.5, 0.6) is 17.2 Å². The number of aryl methyl sites for hydroxylation is 1. The van der Waals surface area contributed by atoms with Crippen molar-refractivity contribution < 1.29 is 24.9 Å². The lowest BCUT2D eigenvalue weighted by molar-refractivity contribution is -0.307. The molecule has 6 rings (SSSR count). The summed E-state index contributed by atoms with van der Waals surface area (Å²) in [5, 5.41) is 38.8. The summed E-state index contributed by atoms with van der Waals surface area (Å²) in [5.41, 5.74) is 17.9. The van der Waals surface area contributed by atoms with Crippen molar-refractivity contribution in [1.29, 1.82) is 0 Å². The summed E-state index contributed by atoms with van der Waals surface area (Å²) in [7, 11) is 1.99. The zero-order valence-corrected chi connectivity index (χ0v) is 32.5. The molecule has 1 saturated carbocycles. The molecule has 2 aliphatic carbocycles. The number of phenols is 2. The molecule has 0 spiro atoms. The van der Waals surface area contributed by atoms with Crippen molar-refractivity contribution in [2.45, 2.75) is 95.6 Å². The molecular weight excluding hydrogens is 701 g/mol. The number of carbonyl (C=O) groups is 1. The largest absolute Gasteiger partial charge is 0.875 e. The summed E-state index contributed by atoms with van der Waals surface area (Å²) < 4.78 is 6.08. The molecule has 3 aromatic carbocycles. The van der Waals surface area contributed by atoms with Gasteiger partial charge in [0.15, 0.2) is 17.3 Å². The molecule has 1 atom stereocenters. The summed E-state index contributed by atoms with van der Waals surface area (Å²) in [6.45, 7) is 1.30. The van der Waals surface area contributed by atoms with Crippen molar-refractivity contribution in [3.8, 4) is 29.1 Å². The van der Waals surface area contributed by atoms with Crippen LogP contribution in [0.15, 0.2) is 95.3 Å². The van der Waals surface area contributed by atoms with E-state index in [2.05, 4.69) is 28.2 Å². The minimum absolute atomic E-state index is 0.0277. The van der Waals surface area contributed by atoms with Crippen molar-refractivity contribution in [2.75, 3.05) is 20.2 Å². The average Bonchev–Trinajstić information content (AvgIpc) is 3.87.